The molecule has 2 rings (SSSR count). The number of carbonyl (C=O) groups excluding carboxylic acids is 1. The molecule has 1 fully saturated rings. The lowest BCUT2D eigenvalue weighted by Gasteiger charge is -2.27. The highest BCUT2D eigenvalue weighted by molar-refractivity contribution is 5.76. The minimum absolute atomic E-state index is 0.139. The number of carbonyl (C=O) groups is 1. The number of nitrogens with zero attached hydrogens (tertiary/aromatic N) is 2. The van der Waals surface area contributed by atoms with Crippen LogP contribution in [0.2, 0.25) is 0 Å². The fraction of sp³-hybridized carbons (Fsp3) is 0.588. The lowest BCUT2D eigenvalue weighted by atomic mass is 10.1. The number of halogens is 3. The van der Waals surface area contributed by atoms with Crippen LogP contribution in [-0.2, 0) is 17.5 Å². The molecular weight excluding hydrogens is 305 g/mol. The Hall–Kier alpha value is -1.56. The lowest BCUT2D eigenvalue weighted by Crippen LogP contribution is -2.37. The molecule has 23 heavy (non-hydrogen) atoms. The molecule has 1 amide bonds. The maximum Gasteiger partial charge on any atom is 0.416 e. The molecule has 0 N–H and O–H groups in total. The lowest BCUT2D eigenvalue weighted by molar-refractivity contribution is -0.137. The average molecular weight is 328 g/mol. The van der Waals surface area contributed by atoms with E-state index in [1.165, 1.54) is 18.6 Å². The molecule has 1 aromatic rings. The van der Waals surface area contributed by atoms with E-state index >= 15 is 0 Å². The van der Waals surface area contributed by atoms with E-state index in [0.717, 1.165) is 32.0 Å². The second-order valence-electron chi connectivity index (χ2n) is 6.13. The van der Waals surface area contributed by atoms with E-state index in [1.54, 1.807) is 6.07 Å². The molecule has 3 nitrogen and oxygen atoms in total. The van der Waals surface area contributed by atoms with Gasteiger partial charge in [-0.3, -0.25) is 4.79 Å². The second kappa shape index (κ2) is 7.81. The number of likely N-dealkylation sites (tertiary alicyclic amines) is 1. The molecule has 0 aromatic heterocycles. The van der Waals surface area contributed by atoms with Crippen molar-refractivity contribution in [2.45, 2.75) is 38.4 Å². The SMILES string of the molecule is CN(CCC(=O)N1CCCCC1)Cc1cccc(C(F)(F)F)c1. The Morgan fingerprint density at radius 2 is 1.91 bits per heavy atom. The Morgan fingerprint density at radius 1 is 1.22 bits per heavy atom. The van der Waals surface area contributed by atoms with E-state index in [2.05, 4.69) is 0 Å². The van der Waals surface area contributed by atoms with Crippen molar-refractivity contribution in [3.63, 3.8) is 0 Å². The van der Waals surface area contributed by atoms with E-state index in [9.17, 15) is 18.0 Å². The summed E-state index contributed by atoms with van der Waals surface area (Å²) in [5.41, 5.74) is -0.0273. The molecule has 0 atom stereocenters. The summed E-state index contributed by atoms with van der Waals surface area (Å²) < 4.78 is 38.1. The molecule has 0 saturated carbocycles. The highest BCUT2D eigenvalue weighted by atomic mass is 19.4. The number of amides is 1. The third-order valence-electron chi connectivity index (χ3n) is 4.12. The van der Waals surface area contributed by atoms with E-state index in [-0.39, 0.29) is 5.91 Å². The van der Waals surface area contributed by atoms with Crippen molar-refractivity contribution in [2.75, 3.05) is 26.7 Å². The fourth-order valence-corrected chi connectivity index (χ4v) is 2.82. The topological polar surface area (TPSA) is 23.6 Å². The molecular formula is C17H23F3N2O. The first-order chi connectivity index (χ1) is 10.9. The molecule has 0 radical (unpaired) electrons. The number of hydrogen-bond donors (Lipinski definition) is 0. The highest BCUT2D eigenvalue weighted by Gasteiger charge is 2.30. The Labute approximate surface area is 135 Å². The van der Waals surface area contributed by atoms with Gasteiger partial charge in [-0.1, -0.05) is 18.2 Å². The number of benzene rings is 1. The zero-order valence-corrected chi connectivity index (χ0v) is 13.4. The largest absolute Gasteiger partial charge is 0.416 e. The van der Waals surface area contributed by atoms with Crippen LogP contribution in [0.3, 0.4) is 0 Å². The first-order valence-electron chi connectivity index (χ1n) is 7.99. The summed E-state index contributed by atoms with van der Waals surface area (Å²) in [6.07, 6.45) is -0.606. The van der Waals surface area contributed by atoms with E-state index < -0.39 is 11.7 Å². The monoisotopic (exact) mass is 328 g/mol. The molecule has 0 aliphatic carbocycles. The normalized spacial score (nSPS) is 16.0. The average Bonchev–Trinajstić information content (AvgIpc) is 2.53. The van der Waals surface area contributed by atoms with Crippen LogP contribution in [0.1, 0.15) is 36.8 Å². The number of hydrogen-bond acceptors (Lipinski definition) is 2. The zero-order valence-electron chi connectivity index (χ0n) is 13.4. The third-order valence-corrected chi connectivity index (χ3v) is 4.12. The fourth-order valence-electron chi connectivity index (χ4n) is 2.82. The molecule has 1 aliphatic heterocycles. The van der Waals surface area contributed by atoms with Crippen LogP contribution in [0.25, 0.3) is 0 Å². The minimum atomic E-state index is -4.32. The van der Waals surface area contributed by atoms with Crippen molar-refractivity contribution < 1.29 is 18.0 Å². The molecule has 6 heteroatoms. The van der Waals surface area contributed by atoms with Crippen molar-refractivity contribution >= 4 is 5.91 Å². The first kappa shape index (κ1) is 17.8. The van der Waals surface area contributed by atoms with Crippen molar-refractivity contribution in [1.29, 1.82) is 0 Å². The van der Waals surface area contributed by atoms with Crippen molar-refractivity contribution in [2.24, 2.45) is 0 Å². The van der Waals surface area contributed by atoms with Gasteiger partial charge in [-0.15, -0.1) is 0 Å². The van der Waals surface area contributed by atoms with Crippen LogP contribution in [0.4, 0.5) is 13.2 Å². The number of rotatable bonds is 5. The second-order valence-corrected chi connectivity index (χ2v) is 6.13. The maximum absolute atomic E-state index is 12.7. The number of alkyl halides is 3. The van der Waals surface area contributed by atoms with E-state index in [1.807, 2.05) is 16.8 Å². The molecule has 128 valence electrons. The Kier molecular flexibility index (Phi) is 6.04. The predicted molar refractivity (Wildman–Crippen MR) is 82.8 cm³/mol. The summed E-state index contributed by atoms with van der Waals surface area (Å²) >= 11 is 0. The van der Waals surface area contributed by atoms with Gasteiger partial charge < -0.3 is 9.80 Å². The van der Waals surface area contributed by atoms with Crippen molar-refractivity contribution in [1.82, 2.24) is 9.80 Å². The summed E-state index contributed by atoms with van der Waals surface area (Å²) in [7, 11) is 1.82. The molecule has 0 bridgehead atoms. The Morgan fingerprint density at radius 3 is 2.57 bits per heavy atom. The van der Waals surface area contributed by atoms with Gasteiger partial charge in [0.25, 0.3) is 0 Å². The zero-order chi connectivity index (χ0) is 16.9. The smallest absolute Gasteiger partial charge is 0.343 e. The van der Waals surface area contributed by atoms with Gasteiger partial charge in [0.15, 0.2) is 0 Å². The maximum atomic E-state index is 12.7. The van der Waals surface area contributed by atoms with Crippen molar-refractivity contribution in [3.8, 4) is 0 Å². The summed E-state index contributed by atoms with van der Waals surface area (Å²) in [6.45, 7) is 2.61. The van der Waals surface area contributed by atoms with Crippen LogP contribution in [0.5, 0.6) is 0 Å². The quantitative estimate of drug-likeness (QED) is 0.825. The first-order valence-corrected chi connectivity index (χ1v) is 7.99. The Bertz CT molecular complexity index is 525. The van der Waals surface area contributed by atoms with Gasteiger partial charge in [0.05, 0.1) is 5.56 Å². The van der Waals surface area contributed by atoms with Gasteiger partial charge in [-0.2, -0.15) is 13.2 Å². The van der Waals surface area contributed by atoms with Crippen molar-refractivity contribution in [3.05, 3.63) is 35.4 Å². The predicted octanol–water partition coefficient (Wildman–Crippen LogP) is 3.54. The van der Waals surface area contributed by atoms with Gasteiger partial charge in [0.1, 0.15) is 0 Å². The van der Waals surface area contributed by atoms with Crippen LogP contribution in [0, 0.1) is 0 Å². The highest BCUT2D eigenvalue weighted by Crippen LogP contribution is 2.29. The third kappa shape index (κ3) is 5.53. The van der Waals surface area contributed by atoms with Gasteiger partial charge in [-0.05, 0) is 37.9 Å². The van der Waals surface area contributed by atoms with E-state index in [0.29, 0.717) is 25.1 Å². The van der Waals surface area contributed by atoms with E-state index in [4.69, 9.17) is 0 Å². The summed E-state index contributed by atoms with van der Waals surface area (Å²) in [5.74, 6) is 0.139. The van der Waals surface area contributed by atoms with Crippen LogP contribution in [0.15, 0.2) is 24.3 Å². The molecule has 0 unspecified atom stereocenters. The van der Waals surface area contributed by atoms with Gasteiger partial charge >= 0.3 is 6.18 Å². The van der Waals surface area contributed by atoms with Gasteiger partial charge in [0.2, 0.25) is 5.91 Å². The summed E-state index contributed by atoms with van der Waals surface area (Å²) in [5, 5.41) is 0. The molecule has 1 aromatic carbocycles. The Balaban J connectivity index is 1.82. The molecule has 0 spiro atoms. The van der Waals surface area contributed by atoms with Crippen LogP contribution < -0.4 is 0 Å². The van der Waals surface area contributed by atoms with Gasteiger partial charge in [0, 0.05) is 32.6 Å². The molecule has 1 heterocycles. The molecule has 1 aliphatic rings. The van der Waals surface area contributed by atoms with Crippen LogP contribution >= 0.6 is 0 Å². The summed E-state index contributed by atoms with van der Waals surface area (Å²) in [6, 6.07) is 5.34. The minimum Gasteiger partial charge on any atom is -0.343 e. The molecule has 1 saturated heterocycles. The van der Waals surface area contributed by atoms with Crippen LogP contribution in [-0.4, -0.2) is 42.4 Å². The number of piperidine rings is 1. The van der Waals surface area contributed by atoms with Gasteiger partial charge in [-0.25, -0.2) is 0 Å². The summed E-state index contributed by atoms with van der Waals surface area (Å²) in [4.78, 5) is 15.9. The standard InChI is InChI=1S/C17H23F3N2O/c1-21(11-8-16(23)22-9-3-2-4-10-22)13-14-6-5-7-15(12-14)17(18,19)20/h5-7,12H,2-4,8-11,13H2,1H3.